The van der Waals surface area contributed by atoms with Gasteiger partial charge in [-0.15, -0.1) is 0 Å². The molecule has 4 N–H and O–H groups in total. The van der Waals surface area contributed by atoms with Crippen LogP contribution < -0.4 is 20.5 Å². The van der Waals surface area contributed by atoms with Crippen LogP contribution in [0.15, 0.2) is 36.4 Å². The molecule has 7 heteroatoms. The van der Waals surface area contributed by atoms with E-state index in [9.17, 15) is 9.59 Å². The van der Waals surface area contributed by atoms with Crippen molar-refractivity contribution in [2.45, 2.75) is 12.5 Å². The SMILES string of the molecule is CNC(=O)c1cc(C(N)=O)cc2c1OC(c1cccc(OCCO)c1)C2. The van der Waals surface area contributed by atoms with Crippen LogP contribution in [0.2, 0.25) is 0 Å². The van der Waals surface area contributed by atoms with Gasteiger partial charge in [0.1, 0.15) is 24.2 Å². The molecule has 1 aliphatic heterocycles. The molecule has 1 atom stereocenters. The van der Waals surface area contributed by atoms with Crippen molar-refractivity contribution in [2.24, 2.45) is 5.73 Å². The molecule has 26 heavy (non-hydrogen) atoms. The third kappa shape index (κ3) is 3.48. The molecule has 0 bridgehead atoms. The molecule has 1 aliphatic rings. The Kier molecular flexibility index (Phi) is 5.09. The topological polar surface area (TPSA) is 111 Å². The second-order valence-electron chi connectivity index (χ2n) is 5.91. The lowest BCUT2D eigenvalue weighted by atomic mass is 9.99. The Bertz CT molecular complexity index is 850. The number of nitrogens with one attached hydrogen (secondary N) is 1. The highest BCUT2D eigenvalue weighted by Crippen LogP contribution is 2.40. The lowest BCUT2D eigenvalue weighted by molar-refractivity contribution is 0.0958. The molecule has 2 aromatic rings. The maximum absolute atomic E-state index is 12.2. The van der Waals surface area contributed by atoms with Gasteiger partial charge in [0.05, 0.1) is 12.2 Å². The van der Waals surface area contributed by atoms with Gasteiger partial charge in [-0.2, -0.15) is 0 Å². The van der Waals surface area contributed by atoms with E-state index >= 15 is 0 Å². The third-order valence-corrected chi connectivity index (χ3v) is 4.18. The molecule has 0 radical (unpaired) electrons. The lowest BCUT2D eigenvalue weighted by Gasteiger charge is -2.14. The van der Waals surface area contributed by atoms with Gasteiger partial charge in [0.2, 0.25) is 5.91 Å². The van der Waals surface area contributed by atoms with Crippen LogP contribution in [0, 0.1) is 0 Å². The minimum absolute atomic E-state index is 0.0685. The molecule has 136 valence electrons. The summed E-state index contributed by atoms with van der Waals surface area (Å²) in [6, 6.07) is 10.5. The van der Waals surface area contributed by atoms with Crippen LogP contribution in [-0.2, 0) is 6.42 Å². The van der Waals surface area contributed by atoms with Crippen LogP contribution >= 0.6 is 0 Å². The van der Waals surface area contributed by atoms with Gasteiger partial charge in [0.25, 0.3) is 5.91 Å². The highest BCUT2D eigenvalue weighted by molar-refractivity contribution is 6.01. The van der Waals surface area contributed by atoms with Crippen molar-refractivity contribution < 1.29 is 24.2 Å². The van der Waals surface area contributed by atoms with Crippen LogP contribution in [0.1, 0.15) is 37.9 Å². The second kappa shape index (κ2) is 7.45. The van der Waals surface area contributed by atoms with Crippen molar-refractivity contribution in [3.05, 3.63) is 58.7 Å². The van der Waals surface area contributed by atoms with E-state index < -0.39 is 5.91 Å². The van der Waals surface area contributed by atoms with Crippen molar-refractivity contribution in [1.29, 1.82) is 0 Å². The van der Waals surface area contributed by atoms with Gasteiger partial charge < -0.3 is 25.6 Å². The summed E-state index contributed by atoms with van der Waals surface area (Å²) in [5, 5.41) is 11.4. The van der Waals surface area contributed by atoms with E-state index in [2.05, 4.69) is 5.32 Å². The Hall–Kier alpha value is -3.06. The van der Waals surface area contributed by atoms with E-state index in [4.69, 9.17) is 20.3 Å². The van der Waals surface area contributed by atoms with Gasteiger partial charge in [-0.25, -0.2) is 0 Å². The summed E-state index contributed by atoms with van der Waals surface area (Å²) in [5.74, 6) is 0.146. The average Bonchev–Trinajstić information content (AvgIpc) is 3.09. The van der Waals surface area contributed by atoms with Crippen LogP contribution in [0.5, 0.6) is 11.5 Å². The molecule has 0 saturated heterocycles. The number of ether oxygens (including phenoxy) is 2. The Morgan fingerprint density at radius 1 is 1.35 bits per heavy atom. The fourth-order valence-electron chi connectivity index (χ4n) is 2.96. The highest BCUT2D eigenvalue weighted by atomic mass is 16.5. The Morgan fingerprint density at radius 3 is 2.85 bits per heavy atom. The smallest absolute Gasteiger partial charge is 0.254 e. The predicted molar refractivity (Wildman–Crippen MR) is 94.4 cm³/mol. The Labute approximate surface area is 150 Å². The average molecular weight is 356 g/mol. The summed E-state index contributed by atoms with van der Waals surface area (Å²) in [6.07, 6.45) is 0.193. The summed E-state index contributed by atoms with van der Waals surface area (Å²) in [6.45, 7) is 0.138. The standard InChI is InChI=1S/C19H20N2O5/c1-21-19(24)15-9-13(18(20)23)7-12-10-16(26-17(12)15)11-3-2-4-14(8-11)25-6-5-22/h2-4,7-9,16,22H,5-6,10H2,1H3,(H2,20,23)(H,21,24). The first-order valence-electron chi connectivity index (χ1n) is 8.22. The monoisotopic (exact) mass is 356 g/mol. The molecule has 0 aromatic heterocycles. The number of amides is 2. The molecule has 2 amide bonds. The first-order valence-corrected chi connectivity index (χ1v) is 8.22. The molecular formula is C19H20N2O5. The minimum Gasteiger partial charge on any atom is -0.491 e. The van der Waals surface area contributed by atoms with Crippen LogP contribution in [0.25, 0.3) is 0 Å². The predicted octanol–water partition coefficient (Wildman–Crippen LogP) is 1.19. The zero-order valence-corrected chi connectivity index (χ0v) is 14.3. The van der Waals surface area contributed by atoms with E-state index in [0.717, 1.165) is 11.1 Å². The van der Waals surface area contributed by atoms with Crippen molar-refractivity contribution in [2.75, 3.05) is 20.3 Å². The number of primary amides is 1. The zero-order valence-electron chi connectivity index (χ0n) is 14.3. The van der Waals surface area contributed by atoms with Crippen molar-refractivity contribution >= 4 is 11.8 Å². The zero-order chi connectivity index (χ0) is 18.7. The molecule has 0 saturated carbocycles. The molecule has 0 fully saturated rings. The summed E-state index contributed by atoms with van der Waals surface area (Å²) >= 11 is 0. The molecule has 3 rings (SSSR count). The van der Waals surface area contributed by atoms with Gasteiger partial charge in [0.15, 0.2) is 0 Å². The fraction of sp³-hybridized carbons (Fsp3) is 0.263. The number of aliphatic hydroxyl groups is 1. The summed E-state index contributed by atoms with van der Waals surface area (Å²) in [7, 11) is 1.51. The second-order valence-corrected chi connectivity index (χ2v) is 5.91. The maximum atomic E-state index is 12.2. The van der Waals surface area contributed by atoms with E-state index in [1.54, 1.807) is 12.1 Å². The number of aliphatic hydroxyl groups excluding tert-OH is 1. The molecule has 1 heterocycles. The van der Waals surface area contributed by atoms with Crippen molar-refractivity contribution in [3.63, 3.8) is 0 Å². The minimum atomic E-state index is -0.596. The van der Waals surface area contributed by atoms with Crippen molar-refractivity contribution in [1.82, 2.24) is 5.32 Å². The van der Waals surface area contributed by atoms with Crippen LogP contribution in [0.4, 0.5) is 0 Å². The van der Waals surface area contributed by atoms with Crippen LogP contribution in [0.3, 0.4) is 0 Å². The summed E-state index contributed by atoms with van der Waals surface area (Å²) in [5.41, 5.74) is 7.57. The van der Waals surface area contributed by atoms with E-state index in [-0.39, 0.29) is 36.4 Å². The van der Waals surface area contributed by atoms with Gasteiger partial charge in [-0.1, -0.05) is 12.1 Å². The molecular weight excluding hydrogens is 336 g/mol. The maximum Gasteiger partial charge on any atom is 0.254 e. The quantitative estimate of drug-likeness (QED) is 0.720. The normalized spacial score (nSPS) is 15.1. The Morgan fingerprint density at radius 2 is 2.15 bits per heavy atom. The van der Waals surface area contributed by atoms with E-state index in [1.165, 1.54) is 13.1 Å². The number of carbonyl (C=O) groups is 2. The van der Waals surface area contributed by atoms with Gasteiger partial charge in [-0.05, 0) is 35.4 Å². The van der Waals surface area contributed by atoms with E-state index in [1.807, 2.05) is 18.2 Å². The number of rotatable bonds is 6. The van der Waals surface area contributed by atoms with Gasteiger partial charge in [0, 0.05) is 19.0 Å². The number of benzene rings is 2. The largest absolute Gasteiger partial charge is 0.491 e. The number of nitrogens with two attached hydrogens (primary N) is 1. The highest BCUT2D eigenvalue weighted by Gasteiger charge is 2.30. The first-order chi connectivity index (χ1) is 12.5. The number of fused-ring (bicyclic) bond motifs is 1. The molecule has 0 spiro atoms. The van der Waals surface area contributed by atoms with E-state index in [0.29, 0.717) is 17.9 Å². The number of hydrogen-bond donors (Lipinski definition) is 3. The van der Waals surface area contributed by atoms with Crippen LogP contribution in [-0.4, -0.2) is 37.2 Å². The summed E-state index contributed by atoms with van der Waals surface area (Å²) < 4.78 is 11.5. The fourth-order valence-corrected chi connectivity index (χ4v) is 2.96. The molecule has 7 nitrogen and oxygen atoms in total. The van der Waals surface area contributed by atoms with Crippen molar-refractivity contribution in [3.8, 4) is 11.5 Å². The molecule has 1 unspecified atom stereocenters. The number of carbonyl (C=O) groups excluding carboxylic acids is 2. The number of hydrogen-bond acceptors (Lipinski definition) is 5. The molecule has 2 aromatic carbocycles. The van der Waals surface area contributed by atoms with Gasteiger partial charge in [-0.3, -0.25) is 9.59 Å². The summed E-state index contributed by atoms with van der Waals surface area (Å²) in [4.78, 5) is 23.7. The van der Waals surface area contributed by atoms with Gasteiger partial charge >= 0.3 is 0 Å². The molecule has 0 aliphatic carbocycles. The third-order valence-electron chi connectivity index (χ3n) is 4.18. The first kappa shape index (κ1) is 17.8. The lowest BCUT2D eigenvalue weighted by Crippen LogP contribution is -2.20. The Balaban J connectivity index is 1.93.